The number of hydrogen-bond donors (Lipinski definition) is 1. The van der Waals surface area contributed by atoms with E-state index in [1.54, 1.807) is 0 Å². The molecule has 1 fully saturated rings. The molecular weight excluding hydrogens is 200 g/mol. The number of benzene rings is 1. The highest BCUT2D eigenvalue weighted by Crippen LogP contribution is 2.13. The van der Waals surface area contributed by atoms with Gasteiger partial charge in [-0.25, -0.2) is 0 Å². The van der Waals surface area contributed by atoms with Gasteiger partial charge in [-0.3, -0.25) is 4.90 Å². The molecular formula is C13H20N2O. The summed E-state index contributed by atoms with van der Waals surface area (Å²) in [6, 6.07) is 8.54. The second kappa shape index (κ2) is 5.43. The summed E-state index contributed by atoms with van der Waals surface area (Å²) in [6.07, 6.45) is 0.206. The van der Waals surface area contributed by atoms with E-state index in [1.165, 1.54) is 11.1 Å². The standard InChI is InChI=1S/C13H20N2O/c1-11-4-2-3-5-12(11)9-15-6-7-16-13(8-14)10-15/h2-5,13H,6-10,14H2,1H3/t13-/m1/s1. The third-order valence-corrected chi connectivity index (χ3v) is 3.14. The Morgan fingerprint density at radius 1 is 1.44 bits per heavy atom. The Balaban J connectivity index is 1.97. The van der Waals surface area contributed by atoms with E-state index in [4.69, 9.17) is 10.5 Å². The minimum absolute atomic E-state index is 0.206. The van der Waals surface area contributed by atoms with Crippen LogP contribution in [0.25, 0.3) is 0 Å². The number of aryl methyl sites for hydroxylation is 1. The van der Waals surface area contributed by atoms with Gasteiger partial charge in [0.1, 0.15) is 0 Å². The molecule has 0 bridgehead atoms. The van der Waals surface area contributed by atoms with Crippen LogP contribution in [0, 0.1) is 6.92 Å². The Morgan fingerprint density at radius 2 is 2.25 bits per heavy atom. The molecule has 2 rings (SSSR count). The molecule has 1 aromatic carbocycles. The lowest BCUT2D eigenvalue weighted by Crippen LogP contribution is -2.45. The maximum Gasteiger partial charge on any atom is 0.0824 e. The predicted octanol–water partition coefficient (Wildman–Crippen LogP) is 1.15. The summed E-state index contributed by atoms with van der Waals surface area (Å²) in [4.78, 5) is 2.42. The van der Waals surface area contributed by atoms with Crippen molar-refractivity contribution in [3.8, 4) is 0 Å². The van der Waals surface area contributed by atoms with Gasteiger partial charge in [0.15, 0.2) is 0 Å². The van der Waals surface area contributed by atoms with Gasteiger partial charge in [0.2, 0.25) is 0 Å². The molecule has 1 aliphatic rings. The summed E-state index contributed by atoms with van der Waals surface area (Å²) in [5.74, 6) is 0. The maximum atomic E-state index is 5.64. The summed E-state index contributed by atoms with van der Waals surface area (Å²) in [5.41, 5.74) is 8.40. The molecule has 0 aliphatic carbocycles. The molecule has 0 unspecified atom stereocenters. The molecule has 88 valence electrons. The third-order valence-electron chi connectivity index (χ3n) is 3.14. The number of morpholine rings is 1. The summed E-state index contributed by atoms with van der Waals surface area (Å²) >= 11 is 0. The number of ether oxygens (including phenoxy) is 1. The van der Waals surface area contributed by atoms with Gasteiger partial charge in [-0.05, 0) is 18.1 Å². The summed E-state index contributed by atoms with van der Waals surface area (Å²) < 4.78 is 5.56. The van der Waals surface area contributed by atoms with Gasteiger partial charge >= 0.3 is 0 Å². The summed E-state index contributed by atoms with van der Waals surface area (Å²) in [7, 11) is 0. The van der Waals surface area contributed by atoms with Gasteiger partial charge in [0.05, 0.1) is 12.7 Å². The lowest BCUT2D eigenvalue weighted by Gasteiger charge is -2.32. The van der Waals surface area contributed by atoms with Crippen molar-refractivity contribution in [2.24, 2.45) is 5.73 Å². The number of nitrogens with two attached hydrogens (primary N) is 1. The first kappa shape index (κ1) is 11.6. The predicted molar refractivity (Wildman–Crippen MR) is 65.3 cm³/mol. The molecule has 1 atom stereocenters. The van der Waals surface area contributed by atoms with E-state index in [2.05, 4.69) is 36.1 Å². The van der Waals surface area contributed by atoms with E-state index in [1.807, 2.05) is 0 Å². The Labute approximate surface area is 97.2 Å². The Kier molecular flexibility index (Phi) is 3.93. The van der Waals surface area contributed by atoms with E-state index < -0.39 is 0 Å². The van der Waals surface area contributed by atoms with Crippen LogP contribution in [0.2, 0.25) is 0 Å². The van der Waals surface area contributed by atoms with Gasteiger partial charge in [-0.2, -0.15) is 0 Å². The molecule has 2 N–H and O–H groups in total. The fourth-order valence-electron chi connectivity index (χ4n) is 2.10. The SMILES string of the molecule is Cc1ccccc1CN1CCO[C@H](CN)C1. The second-order valence-corrected chi connectivity index (χ2v) is 4.39. The normalized spacial score (nSPS) is 22.2. The van der Waals surface area contributed by atoms with Crippen LogP contribution in [0.4, 0.5) is 0 Å². The highest BCUT2D eigenvalue weighted by atomic mass is 16.5. The number of hydrogen-bond acceptors (Lipinski definition) is 3. The van der Waals surface area contributed by atoms with E-state index in [0.717, 1.165) is 26.2 Å². The molecule has 16 heavy (non-hydrogen) atoms. The average molecular weight is 220 g/mol. The highest BCUT2D eigenvalue weighted by molar-refractivity contribution is 5.25. The third kappa shape index (κ3) is 2.82. The number of rotatable bonds is 3. The van der Waals surface area contributed by atoms with Crippen LogP contribution in [-0.4, -0.2) is 37.2 Å². The Morgan fingerprint density at radius 3 is 3.00 bits per heavy atom. The van der Waals surface area contributed by atoms with Gasteiger partial charge in [0.25, 0.3) is 0 Å². The van der Waals surface area contributed by atoms with Crippen LogP contribution in [0.1, 0.15) is 11.1 Å². The van der Waals surface area contributed by atoms with Crippen molar-refractivity contribution in [2.75, 3.05) is 26.2 Å². The molecule has 0 amide bonds. The topological polar surface area (TPSA) is 38.5 Å². The molecule has 3 nitrogen and oxygen atoms in total. The van der Waals surface area contributed by atoms with Crippen molar-refractivity contribution in [3.05, 3.63) is 35.4 Å². The fraction of sp³-hybridized carbons (Fsp3) is 0.538. The lowest BCUT2D eigenvalue weighted by molar-refractivity contribution is -0.0261. The van der Waals surface area contributed by atoms with Crippen molar-refractivity contribution < 1.29 is 4.74 Å². The van der Waals surface area contributed by atoms with Crippen LogP contribution in [-0.2, 0) is 11.3 Å². The van der Waals surface area contributed by atoms with E-state index in [-0.39, 0.29) is 6.10 Å². The van der Waals surface area contributed by atoms with Crippen LogP contribution in [0.5, 0.6) is 0 Å². The molecule has 1 aliphatic heterocycles. The minimum atomic E-state index is 0.206. The first-order chi connectivity index (χ1) is 7.79. The van der Waals surface area contributed by atoms with E-state index in [0.29, 0.717) is 6.54 Å². The quantitative estimate of drug-likeness (QED) is 0.830. The van der Waals surface area contributed by atoms with Crippen molar-refractivity contribution in [1.82, 2.24) is 4.90 Å². The molecule has 3 heteroatoms. The zero-order chi connectivity index (χ0) is 11.4. The Bertz CT molecular complexity index is 340. The molecule has 0 spiro atoms. The fourth-order valence-corrected chi connectivity index (χ4v) is 2.10. The minimum Gasteiger partial charge on any atom is -0.374 e. The molecule has 0 saturated carbocycles. The molecule has 0 aromatic heterocycles. The second-order valence-electron chi connectivity index (χ2n) is 4.39. The zero-order valence-corrected chi connectivity index (χ0v) is 9.86. The smallest absolute Gasteiger partial charge is 0.0824 e. The largest absolute Gasteiger partial charge is 0.374 e. The van der Waals surface area contributed by atoms with Crippen molar-refractivity contribution in [3.63, 3.8) is 0 Å². The highest BCUT2D eigenvalue weighted by Gasteiger charge is 2.19. The van der Waals surface area contributed by atoms with Crippen LogP contribution in [0.15, 0.2) is 24.3 Å². The van der Waals surface area contributed by atoms with Gasteiger partial charge in [-0.15, -0.1) is 0 Å². The Hall–Kier alpha value is -0.900. The van der Waals surface area contributed by atoms with Crippen LogP contribution in [0.3, 0.4) is 0 Å². The van der Waals surface area contributed by atoms with Crippen molar-refractivity contribution >= 4 is 0 Å². The van der Waals surface area contributed by atoms with Crippen molar-refractivity contribution in [1.29, 1.82) is 0 Å². The summed E-state index contributed by atoms with van der Waals surface area (Å²) in [6.45, 7) is 6.54. The van der Waals surface area contributed by atoms with Crippen LogP contribution < -0.4 is 5.73 Å². The number of nitrogens with zero attached hydrogens (tertiary/aromatic N) is 1. The lowest BCUT2D eigenvalue weighted by atomic mass is 10.1. The van der Waals surface area contributed by atoms with Gasteiger partial charge < -0.3 is 10.5 Å². The van der Waals surface area contributed by atoms with Crippen molar-refractivity contribution in [2.45, 2.75) is 19.6 Å². The monoisotopic (exact) mass is 220 g/mol. The van der Waals surface area contributed by atoms with Crippen LogP contribution >= 0.6 is 0 Å². The first-order valence-corrected chi connectivity index (χ1v) is 5.88. The molecule has 1 saturated heterocycles. The molecule has 0 radical (unpaired) electrons. The zero-order valence-electron chi connectivity index (χ0n) is 9.86. The van der Waals surface area contributed by atoms with Gasteiger partial charge in [-0.1, -0.05) is 24.3 Å². The summed E-state index contributed by atoms with van der Waals surface area (Å²) in [5, 5.41) is 0. The molecule has 1 aromatic rings. The van der Waals surface area contributed by atoms with E-state index in [9.17, 15) is 0 Å². The average Bonchev–Trinajstić information content (AvgIpc) is 2.32. The first-order valence-electron chi connectivity index (χ1n) is 5.88. The molecule has 1 heterocycles. The van der Waals surface area contributed by atoms with E-state index >= 15 is 0 Å². The van der Waals surface area contributed by atoms with Gasteiger partial charge in [0, 0.05) is 26.2 Å². The maximum absolute atomic E-state index is 5.64.